The molecule has 2 rings (SSSR count). The molecule has 4 nitrogen and oxygen atoms in total. The highest BCUT2D eigenvalue weighted by Gasteiger charge is 2.05. The molecular weight excluding hydrogens is 206 g/mol. The number of aromatic carboxylic acids is 1. The number of hydrogen-bond donors (Lipinski definition) is 1. The van der Waals surface area contributed by atoms with Crippen molar-refractivity contribution in [1.82, 2.24) is 4.57 Å². The third kappa shape index (κ3) is 1.86. The lowest BCUT2D eigenvalue weighted by atomic mass is 10.2. The summed E-state index contributed by atoms with van der Waals surface area (Å²) in [5.74, 6) is -1.30. The molecule has 0 unspecified atom stereocenters. The highest BCUT2D eigenvalue weighted by atomic mass is 16.4. The van der Waals surface area contributed by atoms with Crippen LogP contribution in [0.4, 0.5) is 0 Å². The maximum Gasteiger partial charge on any atom is 0.337 e. The first-order valence-electron chi connectivity index (χ1n) is 6.79. The Hall–Kier alpha value is -2.36. The molecule has 80 valence electrons. The lowest BCUT2D eigenvalue weighted by molar-refractivity contribution is 0.0696. The number of para-hydroxylation sites is 1. The molecule has 1 heterocycles. The Kier molecular flexibility index (Phi) is 1.42. The minimum atomic E-state index is -1.30. The predicted molar refractivity (Wildman–Crippen MR) is 59.0 cm³/mol. The van der Waals surface area contributed by atoms with E-state index in [0.717, 1.165) is 22.9 Å². The first-order valence-corrected chi connectivity index (χ1v) is 4.29. The summed E-state index contributed by atoms with van der Waals surface area (Å²) in [6.07, 6.45) is 0.929. The van der Waals surface area contributed by atoms with E-state index in [-0.39, 0.29) is 11.3 Å². The highest BCUT2D eigenvalue weighted by molar-refractivity contribution is 5.87. The third-order valence-corrected chi connectivity index (χ3v) is 1.89. The van der Waals surface area contributed by atoms with Gasteiger partial charge in [0, 0.05) is 18.0 Å². The van der Waals surface area contributed by atoms with Gasteiger partial charge in [0.15, 0.2) is 0 Å². The van der Waals surface area contributed by atoms with E-state index in [4.69, 9.17) is 12.0 Å². The van der Waals surface area contributed by atoms with Crippen molar-refractivity contribution in [2.75, 3.05) is 0 Å². The van der Waals surface area contributed by atoms with Crippen LogP contribution in [0.15, 0.2) is 53.3 Å². The molecule has 0 spiro atoms. The Morgan fingerprint density at radius 3 is 2.56 bits per heavy atom. The average molecular weight is 220 g/mol. The van der Waals surface area contributed by atoms with Gasteiger partial charge in [-0.05, 0) is 18.2 Å². The lowest BCUT2D eigenvalue weighted by Gasteiger charge is -2.05. The zero-order valence-electron chi connectivity index (χ0n) is 12.9. The zero-order chi connectivity index (χ0) is 15.9. The molecule has 0 atom stereocenters. The van der Waals surface area contributed by atoms with Crippen molar-refractivity contribution >= 4 is 5.97 Å². The van der Waals surface area contributed by atoms with E-state index in [1.165, 1.54) is 0 Å². The number of carbonyl (C=O) groups is 1. The summed E-state index contributed by atoms with van der Waals surface area (Å²) in [6.45, 7) is 0. The normalized spacial score (nSPS) is 14.4. The molecule has 0 saturated carbocycles. The Bertz CT molecular complexity index is 786. The monoisotopic (exact) mass is 220 g/mol. The molecule has 1 N–H and O–H groups in total. The summed E-state index contributed by atoms with van der Waals surface area (Å²) in [5, 5.41) is 8.93. The molecule has 16 heavy (non-hydrogen) atoms. The van der Waals surface area contributed by atoms with Crippen molar-refractivity contribution in [2.24, 2.45) is 0 Å². The van der Waals surface area contributed by atoms with Gasteiger partial charge in [0.1, 0.15) is 0 Å². The molecule has 2 aromatic rings. The fraction of sp³-hybridized carbons (Fsp3) is 0. The lowest BCUT2D eigenvalue weighted by Crippen LogP contribution is -2.18. The van der Waals surface area contributed by atoms with Crippen molar-refractivity contribution in [3.63, 3.8) is 0 Å². The molecule has 1 aromatic carbocycles. The fourth-order valence-corrected chi connectivity index (χ4v) is 1.15. The molecule has 4 heteroatoms. The number of carboxylic acid groups (broad SMARTS) is 1. The molecule has 0 saturated heterocycles. The van der Waals surface area contributed by atoms with Crippen LogP contribution in [0.25, 0.3) is 5.69 Å². The SMILES string of the molecule is [2H]c1c([2H])c([2H])c(-n2cc(C(=O)O)ccc2=O)c([2H])c1[2H]. The molecule has 1 aromatic heterocycles. The molecule has 0 bridgehead atoms. The van der Waals surface area contributed by atoms with E-state index in [2.05, 4.69) is 0 Å². The van der Waals surface area contributed by atoms with Crippen LogP contribution < -0.4 is 5.56 Å². The van der Waals surface area contributed by atoms with Gasteiger partial charge in [-0.25, -0.2) is 4.79 Å². The van der Waals surface area contributed by atoms with Gasteiger partial charge in [-0.15, -0.1) is 0 Å². The van der Waals surface area contributed by atoms with Crippen molar-refractivity contribution in [2.45, 2.75) is 0 Å². The number of benzene rings is 1. The Morgan fingerprint density at radius 2 is 1.94 bits per heavy atom. The molecule has 0 aliphatic heterocycles. The van der Waals surface area contributed by atoms with E-state index in [1.54, 1.807) is 0 Å². The third-order valence-electron chi connectivity index (χ3n) is 1.89. The summed E-state index contributed by atoms with van der Waals surface area (Å²) < 4.78 is 38.9. The highest BCUT2D eigenvalue weighted by Crippen LogP contribution is 2.05. The van der Waals surface area contributed by atoms with Crippen LogP contribution in [0.5, 0.6) is 0 Å². The van der Waals surface area contributed by atoms with Gasteiger partial charge >= 0.3 is 5.97 Å². The van der Waals surface area contributed by atoms with E-state index >= 15 is 0 Å². The molecule has 0 aliphatic rings. The minimum absolute atomic E-state index is 0.235. The Balaban J connectivity index is 2.88. The summed E-state index contributed by atoms with van der Waals surface area (Å²) in [5.41, 5.74) is -1.31. The Labute approximate surface area is 98.4 Å². The van der Waals surface area contributed by atoms with Gasteiger partial charge in [0.2, 0.25) is 0 Å². The van der Waals surface area contributed by atoms with Gasteiger partial charge in [-0.3, -0.25) is 9.36 Å². The van der Waals surface area contributed by atoms with Gasteiger partial charge < -0.3 is 5.11 Å². The second kappa shape index (κ2) is 4.02. The van der Waals surface area contributed by atoms with Crippen LogP contribution in [-0.4, -0.2) is 15.6 Å². The van der Waals surface area contributed by atoms with Crippen LogP contribution in [0.3, 0.4) is 0 Å². The van der Waals surface area contributed by atoms with Crippen LogP contribution in [0.2, 0.25) is 0 Å². The molecule has 0 fully saturated rings. The standard InChI is InChI=1S/C12H9NO3/c14-11-7-6-9(12(15)16)8-13(11)10-4-2-1-3-5-10/h1-8H,(H,15,16)/i1D,2D,3D,4D,5D. The van der Waals surface area contributed by atoms with Gasteiger partial charge in [0.25, 0.3) is 5.56 Å². The van der Waals surface area contributed by atoms with Crippen molar-refractivity contribution < 1.29 is 16.8 Å². The second-order valence-corrected chi connectivity index (χ2v) is 2.90. The first-order chi connectivity index (χ1) is 9.75. The van der Waals surface area contributed by atoms with Gasteiger partial charge in [-0.2, -0.15) is 0 Å². The summed E-state index contributed by atoms with van der Waals surface area (Å²) >= 11 is 0. The van der Waals surface area contributed by atoms with Crippen molar-refractivity contribution in [3.05, 3.63) is 64.5 Å². The van der Waals surface area contributed by atoms with Crippen LogP contribution in [0, 0.1) is 0 Å². The van der Waals surface area contributed by atoms with Crippen molar-refractivity contribution in [3.8, 4) is 5.69 Å². The molecular formula is C12H9NO3. The number of aromatic nitrogens is 1. The molecule has 0 aliphatic carbocycles. The summed E-state index contributed by atoms with van der Waals surface area (Å²) in [4.78, 5) is 22.8. The maximum atomic E-state index is 11.8. The van der Waals surface area contributed by atoms with Crippen LogP contribution >= 0.6 is 0 Å². The quantitative estimate of drug-likeness (QED) is 0.835. The Morgan fingerprint density at radius 1 is 1.25 bits per heavy atom. The minimum Gasteiger partial charge on any atom is -0.478 e. The van der Waals surface area contributed by atoms with Crippen LogP contribution in [-0.2, 0) is 0 Å². The number of pyridine rings is 1. The van der Waals surface area contributed by atoms with E-state index in [0.29, 0.717) is 0 Å². The summed E-state index contributed by atoms with van der Waals surface area (Å²) in [7, 11) is 0. The molecule has 0 radical (unpaired) electrons. The molecule has 0 amide bonds. The van der Waals surface area contributed by atoms with E-state index < -0.39 is 41.7 Å². The van der Waals surface area contributed by atoms with Crippen molar-refractivity contribution in [1.29, 1.82) is 0 Å². The smallest absolute Gasteiger partial charge is 0.337 e. The topological polar surface area (TPSA) is 59.3 Å². The number of carboxylic acids is 1. The average Bonchev–Trinajstić information content (AvgIpc) is 2.45. The van der Waals surface area contributed by atoms with Gasteiger partial charge in [-0.1, -0.05) is 18.1 Å². The second-order valence-electron chi connectivity index (χ2n) is 2.90. The van der Waals surface area contributed by atoms with E-state index in [9.17, 15) is 9.59 Å². The number of rotatable bonds is 2. The van der Waals surface area contributed by atoms with Crippen LogP contribution in [0.1, 0.15) is 17.2 Å². The fourth-order valence-electron chi connectivity index (χ4n) is 1.15. The number of hydrogen-bond acceptors (Lipinski definition) is 2. The number of nitrogens with zero attached hydrogens (tertiary/aromatic N) is 1. The maximum absolute atomic E-state index is 11.8. The van der Waals surface area contributed by atoms with E-state index in [1.807, 2.05) is 0 Å². The first kappa shape index (κ1) is 5.65. The largest absolute Gasteiger partial charge is 0.478 e. The van der Waals surface area contributed by atoms with Gasteiger partial charge in [0.05, 0.1) is 12.4 Å². The zero-order valence-corrected chi connectivity index (χ0v) is 7.94. The summed E-state index contributed by atoms with van der Waals surface area (Å²) in [6, 6.07) is -0.898. The predicted octanol–water partition coefficient (Wildman–Crippen LogP) is 1.54.